The van der Waals surface area contributed by atoms with Crippen LogP contribution in [0.3, 0.4) is 0 Å². The van der Waals surface area contributed by atoms with E-state index in [-0.39, 0.29) is 18.4 Å². The first-order valence-corrected chi connectivity index (χ1v) is 4.91. The maximum absolute atomic E-state index is 11.6. The van der Waals surface area contributed by atoms with E-state index in [1.807, 2.05) is 11.8 Å². The van der Waals surface area contributed by atoms with Crippen molar-refractivity contribution in [2.24, 2.45) is 0 Å². The third kappa shape index (κ3) is 3.06. The molecule has 1 rings (SSSR count). The molecule has 5 nitrogen and oxygen atoms in total. The van der Waals surface area contributed by atoms with Gasteiger partial charge in [-0.3, -0.25) is 14.5 Å². The molecule has 0 spiro atoms. The van der Waals surface area contributed by atoms with Crippen LogP contribution in [0.1, 0.15) is 13.3 Å². The highest BCUT2D eigenvalue weighted by Crippen LogP contribution is 2.11. The number of hydrogen-bond acceptors (Lipinski definition) is 3. The number of amides is 1. The summed E-state index contributed by atoms with van der Waals surface area (Å²) in [5, 5.41) is 11.4. The van der Waals surface area contributed by atoms with Gasteiger partial charge in [-0.15, -0.1) is 6.58 Å². The van der Waals surface area contributed by atoms with Crippen LogP contribution in [-0.4, -0.2) is 47.1 Å². The number of nitrogens with one attached hydrogen (secondary N) is 1. The number of piperazine rings is 1. The molecule has 2 N–H and O–H groups in total. The van der Waals surface area contributed by atoms with Gasteiger partial charge in [0.05, 0.1) is 6.42 Å². The number of hydrogen-bond donors (Lipinski definition) is 2. The molecule has 1 aliphatic rings. The molecular weight excluding hydrogens is 196 g/mol. The quantitative estimate of drug-likeness (QED) is 0.635. The van der Waals surface area contributed by atoms with Gasteiger partial charge in [0.15, 0.2) is 0 Å². The first-order valence-electron chi connectivity index (χ1n) is 4.91. The zero-order chi connectivity index (χ0) is 11.4. The number of carboxylic acid groups (broad SMARTS) is 1. The second-order valence-corrected chi connectivity index (χ2v) is 3.77. The Morgan fingerprint density at radius 1 is 1.80 bits per heavy atom. The highest BCUT2D eigenvalue weighted by molar-refractivity contribution is 5.87. The molecule has 1 fully saturated rings. The molecule has 0 bridgehead atoms. The smallest absolute Gasteiger partial charge is 0.305 e. The minimum absolute atomic E-state index is 0.0579. The summed E-state index contributed by atoms with van der Waals surface area (Å²) in [7, 11) is 0. The number of carbonyl (C=O) groups excluding carboxylic acids is 1. The molecule has 0 radical (unpaired) electrons. The third-order valence-electron chi connectivity index (χ3n) is 2.37. The lowest BCUT2D eigenvalue weighted by atomic mass is 10.1. The molecule has 84 valence electrons. The van der Waals surface area contributed by atoms with Crippen molar-refractivity contribution in [2.45, 2.75) is 25.4 Å². The van der Waals surface area contributed by atoms with E-state index >= 15 is 0 Å². The summed E-state index contributed by atoms with van der Waals surface area (Å²) >= 11 is 0. The predicted octanol–water partition coefficient (Wildman–Crippen LogP) is -0.164. The lowest BCUT2D eigenvalue weighted by Crippen LogP contribution is -2.59. The van der Waals surface area contributed by atoms with Crippen molar-refractivity contribution >= 4 is 11.9 Å². The Bertz CT molecular complexity index is 278. The summed E-state index contributed by atoms with van der Waals surface area (Å²) in [6.45, 7) is 6.69. The van der Waals surface area contributed by atoms with Gasteiger partial charge in [-0.25, -0.2) is 0 Å². The second-order valence-electron chi connectivity index (χ2n) is 3.77. The molecule has 1 saturated heterocycles. The van der Waals surface area contributed by atoms with Crippen LogP contribution in [0.5, 0.6) is 0 Å². The summed E-state index contributed by atoms with van der Waals surface area (Å²) < 4.78 is 0. The van der Waals surface area contributed by atoms with Gasteiger partial charge in [0.1, 0.15) is 6.04 Å². The molecule has 0 saturated carbocycles. The standard InChI is InChI=1S/C10H16N2O3/c1-3-4-12-6-7(2)11-10(15)8(12)5-9(13)14/h3,7-8H,1,4-6H2,2H3,(H,11,15)(H,13,14). The van der Waals surface area contributed by atoms with Crippen LogP contribution in [0.2, 0.25) is 0 Å². The second kappa shape index (κ2) is 4.93. The maximum atomic E-state index is 11.6. The highest BCUT2D eigenvalue weighted by atomic mass is 16.4. The van der Waals surface area contributed by atoms with Gasteiger partial charge in [0.2, 0.25) is 5.91 Å². The van der Waals surface area contributed by atoms with E-state index in [1.165, 1.54) is 0 Å². The van der Waals surface area contributed by atoms with Crippen molar-refractivity contribution < 1.29 is 14.7 Å². The van der Waals surface area contributed by atoms with Gasteiger partial charge in [0.25, 0.3) is 0 Å². The van der Waals surface area contributed by atoms with E-state index in [1.54, 1.807) is 6.08 Å². The molecule has 1 heterocycles. The Morgan fingerprint density at radius 2 is 2.47 bits per heavy atom. The Balaban J connectivity index is 2.72. The van der Waals surface area contributed by atoms with Crippen molar-refractivity contribution in [3.63, 3.8) is 0 Å². The van der Waals surface area contributed by atoms with Crippen molar-refractivity contribution in [3.05, 3.63) is 12.7 Å². The largest absolute Gasteiger partial charge is 0.481 e. The first kappa shape index (κ1) is 11.7. The van der Waals surface area contributed by atoms with Crippen molar-refractivity contribution in [2.75, 3.05) is 13.1 Å². The maximum Gasteiger partial charge on any atom is 0.305 e. The molecule has 0 aliphatic carbocycles. The summed E-state index contributed by atoms with van der Waals surface area (Å²) in [6, 6.07) is -0.515. The molecule has 15 heavy (non-hydrogen) atoms. The van der Waals surface area contributed by atoms with Crippen LogP contribution < -0.4 is 5.32 Å². The van der Waals surface area contributed by atoms with Crippen LogP contribution in [0.4, 0.5) is 0 Å². The fraction of sp³-hybridized carbons (Fsp3) is 0.600. The van der Waals surface area contributed by atoms with E-state index < -0.39 is 12.0 Å². The van der Waals surface area contributed by atoms with Crippen LogP contribution in [0.15, 0.2) is 12.7 Å². The van der Waals surface area contributed by atoms with Crippen molar-refractivity contribution in [3.8, 4) is 0 Å². The third-order valence-corrected chi connectivity index (χ3v) is 2.37. The molecule has 1 aliphatic heterocycles. The van der Waals surface area contributed by atoms with Gasteiger partial charge < -0.3 is 10.4 Å². The predicted molar refractivity (Wildman–Crippen MR) is 55.4 cm³/mol. The minimum Gasteiger partial charge on any atom is -0.481 e. The monoisotopic (exact) mass is 212 g/mol. The molecule has 1 amide bonds. The SMILES string of the molecule is C=CCN1CC(C)NC(=O)C1CC(=O)O. The van der Waals surface area contributed by atoms with Crippen LogP contribution in [0, 0.1) is 0 Å². The number of aliphatic carboxylic acids is 1. The van der Waals surface area contributed by atoms with E-state index in [9.17, 15) is 9.59 Å². The average molecular weight is 212 g/mol. The fourth-order valence-electron chi connectivity index (χ4n) is 1.78. The average Bonchev–Trinajstić information content (AvgIpc) is 2.11. The Hall–Kier alpha value is -1.36. The van der Waals surface area contributed by atoms with Gasteiger partial charge in [-0.1, -0.05) is 6.08 Å². The molecule has 2 atom stereocenters. The molecule has 0 aromatic rings. The minimum atomic E-state index is -0.959. The highest BCUT2D eigenvalue weighted by Gasteiger charge is 2.33. The van der Waals surface area contributed by atoms with E-state index in [0.29, 0.717) is 13.1 Å². The van der Waals surface area contributed by atoms with Gasteiger partial charge in [0, 0.05) is 19.1 Å². The van der Waals surface area contributed by atoms with Crippen molar-refractivity contribution in [1.29, 1.82) is 0 Å². The Kier molecular flexibility index (Phi) is 3.85. The molecular formula is C10H16N2O3. The lowest BCUT2D eigenvalue weighted by Gasteiger charge is -2.36. The van der Waals surface area contributed by atoms with Crippen LogP contribution in [-0.2, 0) is 9.59 Å². The summed E-state index contributed by atoms with van der Waals surface area (Å²) in [4.78, 5) is 24.0. The summed E-state index contributed by atoms with van der Waals surface area (Å²) in [5.41, 5.74) is 0. The lowest BCUT2D eigenvalue weighted by molar-refractivity contribution is -0.143. The summed E-state index contributed by atoms with van der Waals surface area (Å²) in [6.07, 6.45) is 1.52. The van der Waals surface area contributed by atoms with E-state index in [0.717, 1.165) is 0 Å². The van der Waals surface area contributed by atoms with Crippen molar-refractivity contribution in [1.82, 2.24) is 10.2 Å². The van der Waals surface area contributed by atoms with Gasteiger partial charge in [-0.05, 0) is 6.92 Å². The molecule has 2 unspecified atom stereocenters. The van der Waals surface area contributed by atoms with Crippen LogP contribution >= 0.6 is 0 Å². The Morgan fingerprint density at radius 3 is 3.00 bits per heavy atom. The van der Waals surface area contributed by atoms with Gasteiger partial charge >= 0.3 is 5.97 Å². The zero-order valence-corrected chi connectivity index (χ0v) is 8.77. The number of carboxylic acids is 1. The topological polar surface area (TPSA) is 69.6 Å². The zero-order valence-electron chi connectivity index (χ0n) is 8.77. The number of nitrogens with zero attached hydrogens (tertiary/aromatic N) is 1. The number of carbonyl (C=O) groups is 2. The Labute approximate surface area is 88.8 Å². The fourth-order valence-corrected chi connectivity index (χ4v) is 1.78. The first-order chi connectivity index (χ1) is 7.04. The van der Waals surface area contributed by atoms with Gasteiger partial charge in [-0.2, -0.15) is 0 Å². The van der Waals surface area contributed by atoms with E-state index in [4.69, 9.17) is 5.11 Å². The number of rotatable bonds is 4. The van der Waals surface area contributed by atoms with E-state index in [2.05, 4.69) is 11.9 Å². The normalized spacial score (nSPS) is 27.1. The van der Waals surface area contributed by atoms with Crippen LogP contribution in [0.25, 0.3) is 0 Å². The molecule has 0 aromatic heterocycles. The summed E-state index contributed by atoms with van der Waals surface area (Å²) in [5.74, 6) is -1.17. The molecule has 5 heteroatoms. The molecule has 0 aromatic carbocycles.